The minimum Gasteiger partial charge on any atom is -0.490 e. The van der Waals surface area contributed by atoms with Crippen molar-refractivity contribution >= 4 is 5.82 Å². The molecule has 1 aliphatic rings. The van der Waals surface area contributed by atoms with E-state index < -0.39 is 0 Å². The molecule has 4 nitrogen and oxygen atoms in total. The van der Waals surface area contributed by atoms with E-state index in [9.17, 15) is 0 Å². The second kappa shape index (κ2) is 5.26. The Balaban J connectivity index is 1.85. The topological polar surface area (TPSA) is 47.0 Å². The summed E-state index contributed by atoms with van der Waals surface area (Å²) in [6, 6.07) is 8.04. The smallest absolute Gasteiger partial charge is 0.145 e. The maximum atomic E-state index is 5.80. The maximum Gasteiger partial charge on any atom is 0.145 e. The first-order valence-corrected chi connectivity index (χ1v) is 6.68. The van der Waals surface area contributed by atoms with Gasteiger partial charge in [0.2, 0.25) is 0 Å². The second-order valence-corrected chi connectivity index (χ2v) is 4.66. The molecule has 0 radical (unpaired) electrons. The Labute approximate surface area is 112 Å². The average Bonchev–Trinajstić information content (AvgIpc) is 3.24. The van der Waals surface area contributed by atoms with Crippen LogP contribution in [-0.4, -0.2) is 22.6 Å². The highest BCUT2D eigenvalue weighted by atomic mass is 16.5. The molecule has 4 heteroatoms. The van der Waals surface area contributed by atoms with E-state index in [-0.39, 0.29) is 0 Å². The maximum absolute atomic E-state index is 5.80. The van der Waals surface area contributed by atoms with Gasteiger partial charge in [-0.3, -0.25) is 4.98 Å². The molecular weight excluding hydrogens is 238 g/mol. The highest BCUT2D eigenvalue weighted by Crippen LogP contribution is 2.29. The van der Waals surface area contributed by atoms with Crippen molar-refractivity contribution in [2.75, 3.05) is 11.9 Å². The summed E-state index contributed by atoms with van der Waals surface area (Å²) < 4.78 is 5.80. The van der Waals surface area contributed by atoms with E-state index >= 15 is 0 Å². The van der Waals surface area contributed by atoms with Crippen LogP contribution >= 0.6 is 0 Å². The molecule has 1 heterocycles. The lowest BCUT2D eigenvalue weighted by molar-refractivity contribution is 0.303. The highest BCUT2D eigenvalue weighted by molar-refractivity contribution is 5.61. The summed E-state index contributed by atoms with van der Waals surface area (Å²) in [4.78, 5) is 8.76. The average molecular weight is 255 g/mol. The molecule has 0 unspecified atom stereocenters. The van der Waals surface area contributed by atoms with Crippen LogP contribution in [-0.2, 0) is 0 Å². The summed E-state index contributed by atoms with van der Waals surface area (Å²) >= 11 is 0. The van der Waals surface area contributed by atoms with Crippen molar-refractivity contribution < 1.29 is 4.74 Å². The summed E-state index contributed by atoms with van der Waals surface area (Å²) in [6.07, 6.45) is 6.25. The lowest BCUT2D eigenvalue weighted by Gasteiger charge is -2.08. The molecule has 1 fully saturated rings. The van der Waals surface area contributed by atoms with Crippen molar-refractivity contribution in [1.82, 2.24) is 9.97 Å². The van der Waals surface area contributed by atoms with E-state index in [2.05, 4.69) is 15.3 Å². The zero-order valence-electron chi connectivity index (χ0n) is 11.0. The number of nitrogens with zero attached hydrogens (tertiary/aromatic N) is 2. The lowest BCUT2D eigenvalue weighted by Crippen LogP contribution is -2.00. The van der Waals surface area contributed by atoms with E-state index in [4.69, 9.17) is 4.74 Å². The first-order valence-electron chi connectivity index (χ1n) is 6.68. The second-order valence-electron chi connectivity index (χ2n) is 4.66. The van der Waals surface area contributed by atoms with Crippen molar-refractivity contribution in [1.29, 1.82) is 0 Å². The fourth-order valence-corrected chi connectivity index (χ4v) is 1.88. The first-order chi connectivity index (χ1) is 9.35. The van der Waals surface area contributed by atoms with Gasteiger partial charge >= 0.3 is 0 Å². The largest absolute Gasteiger partial charge is 0.490 e. The number of benzene rings is 1. The van der Waals surface area contributed by atoms with Gasteiger partial charge in [-0.1, -0.05) is 12.1 Å². The van der Waals surface area contributed by atoms with Crippen LogP contribution in [0.5, 0.6) is 5.75 Å². The van der Waals surface area contributed by atoms with Crippen molar-refractivity contribution in [2.24, 2.45) is 0 Å². The predicted octanol–water partition coefficient (Wildman–Crippen LogP) is 3.12. The van der Waals surface area contributed by atoms with E-state index in [1.165, 1.54) is 12.8 Å². The lowest BCUT2D eigenvalue weighted by atomic mass is 10.1. The number of nitrogens with one attached hydrogen (secondary N) is 1. The van der Waals surface area contributed by atoms with E-state index in [0.29, 0.717) is 6.10 Å². The van der Waals surface area contributed by atoms with Crippen LogP contribution in [0.3, 0.4) is 0 Å². The van der Waals surface area contributed by atoms with Crippen LogP contribution < -0.4 is 10.1 Å². The molecule has 98 valence electrons. The Bertz CT molecular complexity index is 567. The quantitative estimate of drug-likeness (QED) is 0.891. The molecule has 0 atom stereocenters. The Morgan fingerprint density at radius 2 is 2.21 bits per heavy atom. The van der Waals surface area contributed by atoms with Gasteiger partial charge in [0.05, 0.1) is 24.2 Å². The zero-order valence-corrected chi connectivity index (χ0v) is 11.0. The molecule has 1 aliphatic carbocycles. The van der Waals surface area contributed by atoms with Crippen LogP contribution in [0.15, 0.2) is 36.7 Å². The summed E-state index contributed by atoms with van der Waals surface area (Å²) in [6.45, 7) is 2.88. The van der Waals surface area contributed by atoms with Crippen molar-refractivity contribution in [2.45, 2.75) is 25.9 Å². The van der Waals surface area contributed by atoms with E-state index in [0.717, 1.165) is 29.4 Å². The number of anilines is 1. The summed E-state index contributed by atoms with van der Waals surface area (Å²) in [5, 5.41) is 3.17. The monoisotopic (exact) mass is 255 g/mol. The third-order valence-electron chi connectivity index (χ3n) is 2.95. The molecule has 0 amide bonds. The van der Waals surface area contributed by atoms with Gasteiger partial charge in [-0.2, -0.15) is 0 Å². The third kappa shape index (κ3) is 3.02. The molecule has 0 aliphatic heterocycles. The number of hydrogen-bond donors (Lipinski definition) is 1. The Morgan fingerprint density at radius 3 is 3.00 bits per heavy atom. The van der Waals surface area contributed by atoms with E-state index in [1.807, 2.05) is 31.2 Å². The molecule has 1 aromatic carbocycles. The SMILES string of the molecule is CCNc1cncc(-c2cccc(OC3CC3)c2)n1. The predicted molar refractivity (Wildman–Crippen MR) is 75.3 cm³/mol. The number of aromatic nitrogens is 2. The van der Waals surface area contributed by atoms with Crippen molar-refractivity contribution in [3.05, 3.63) is 36.7 Å². The van der Waals surface area contributed by atoms with Crippen LogP contribution in [0.1, 0.15) is 19.8 Å². The van der Waals surface area contributed by atoms with Gasteiger partial charge in [-0.25, -0.2) is 4.98 Å². The molecule has 1 aromatic heterocycles. The number of hydrogen-bond acceptors (Lipinski definition) is 4. The van der Waals surface area contributed by atoms with Gasteiger partial charge in [0.15, 0.2) is 0 Å². The molecule has 1 saturated carbocycles. The summed E-state index contributed by atoms with van der Waals surface area (Å²) in [5.74, 6) is 1.71. The minimum absolute atomic E-state index is 0.412. The summed E-state index contributed by atoms with van der Waals surface area (Å²) in [5.41, 5.74) is 1.89. The van der Waals surface area contributed by atoms with Gasteiger partial charge in [0.25, 0.3) is 0 Å². The molecular formula is C15H17N3O. The first kappa shape index (κ1) is 12.0. The fraction of sp³-hybridized carbons (Fsp3) is 0.333. The zero-order chi connectivity index (χ0) is 13.1. The van der Waals surface area contributed by atoms with Crippen LogP contribution in [0.4, 0.5) is 5.82 Å². The number of rotatable bonds is 5. The molecule has 0 spiro atoms. The minimum atomic E-state index is 0.412. The number of ether oxygens (including phenoxy) is 1. The molecule has 19 heavy (non-hydrogen) atoms. The van der Waals surface area contributed by atoms with Gasteiger partial charge < -0.3 is 10.1 Å². The van der Waals surface area contributed by atoms with Crippen molar-refractivity contribution in [3.63, 3.8) is 0 Å². The van der Waals surface area contributed by atoms with Gasteiger partial charge in [-0.15, -0.1) is 0 Å². The summed E-state index contributed by atoms with van der Waals surface area (Å²) in [7, 11) is 0. The Kier molecular flexibility index (Phi) is 3.31. The normalized spacial score (nSPS) is 14.2. The molecule has 1 N–H and O–H groups in total. The highest BCUT2D eigenvalue weighted by Gasteiger charge is 2.23. The fourth-order valence-electron chi connectivity index (χ4n) is 1.88. The molecule has 2 aromatic rings. The van der Waals surface area contributed by atoms with Crippen molar-refractivity contribution in [3.8, 4) is 17.0 Å². The third-order valence-corrected chi connectivity index (χ3v) is 2.95. The van der Waals surface area contributed by atoms with Crippen LogP contribution in [0.25, 0.3) is 11.3 Å². The van der Waals surface area contributed by atoms with Gasteiger partial charge in [0, 0.05) is 12.1 Å². The van der Waals surface area contributed by atoms with E-state index in [1.54, 1.807) is 12.4 Å². The Morgan fingerprint density at radius 1 is 1.32 bits per heavy atom. The van der Waals surface area contributed by atoms with Gasteiger partial charge in [0.1, 0.15) is 11.6 Å². The van der Waals surface area contributed by atoms with Crippen LogP contribution in [0, 0.1) is 0 Å². The Hall–Kier alpha value is -2.10. The molecule has 0 bridgehead atoms. The molecule has 0 saturated heterocycles. The standard InChI is InChI=1S/C15H17N3O/c1-2-17-15-10-16-9-14(18-15)11-4-3-5-13(8-11)19-12-6-7-12/h3-5,8-10,12H,2,6-7H2,1H3,(H,17,18). The van der Waals surface area contributed by atoms with Crippen LogP contribution in [0.2, 0.25) is 0 Å². The van der Waals surface area contributed by atoms with Gasteiger partial charge in [-0.05, 0) is 31.9 Å². The molecule has 3 rings (SSSR count).